The van der Waals surface area contributed by atoms with E-state index in [1.165, 1.54) is 0 Å². The van der Waals surface area contributed by atoms with Crippen LogP contribution in [0.1, 0.15) is 18.4 Å². The molecule has 0 radical (unpaired) electrons. The molecule has 0 heterocycles. The maximum absolute atomic E-state index is 9.06. The smallest absolute Gasteiger partial charge is 0.0469 e. The van der Waals surface area contributed by atoms with Crippen molar-refractivity contribution in [3.05, 3.63) is 53.3 Å². The number of benzene rings is 1. The van der Waals surface area contributed by atoms with Gasteiger partial charge in [-0.25, -0.2) is 0 Å². The van der Waals surface area contributed by atoms with Gasteiger partial charge in [0.2, 0.25) is 0 Å². The largest absolute Gasteiger partial charge is 0.399 e. The molecule has 1 unspecified atom stereocenters. The number of aliphatic hydroxyl groups excluding tert-OH is 1. The Balaban J connectivity index is 2.12. The van der Waals surface area contributed by atoms with Crippen LogP contribution in [-0.4, -0.2) is 17.3 Å². The molecule has 0 saturated heterocycles. The van der Waals surface area contributed by atoms with Gasteiger partial charge < -0.3 is 22.3 Å². The lowest BCUT2D eigenvalue weighted by Gasteiger charge is -2.31. The lowest BCUT2D eigenvalue weighted by Crippen LogP contribution is -2.42. The highest BCUT2D eigenvalue weighted by Gasteiger charge is 2.27. The highest BCUT2D eigenvalue weighted by atomic mass is 16.2. The van der Waals surface area contributed by atoms with E-state index >= 15 is 0 Å². The molecule has 0 amide bonds. The molecule has 0 spiro atoms. The fourth-order valence-electron chi connectivity index (χ4n) is 2.44. The van der Waals surface area contributed by atoms with E-state index in [9.17, 15) is 0 Å². The van der Waals surface area contributed by atoms with Crippen molar-refractivity contribution in [2.45, 2.75) is 24.8 Å². The lowest BCUT2D eigenvalue weighted by molar-refractivity contribution is 0.295. The predicted molar refractivity (Wildman–Crippen MR) is 78.2 cm³/mol. The molecule has 7 N–H and O–H groups in total. The van der Waals surface area contributed by atoms with Crippen LogP contribution in [-0.2, 0) is 6.42 Å². The van der Waals surface area contributed by atoms with E-state index in [-0.39, 0.29) is 6.61 Å². The van der Waals surface area contributed by atoms with Gasteiger partial charge >= 0.3 is 0 Å². The summed E-state index contributed by atoms with van der Waals surface area (Å²) in [6, 6.07) is 7.74. The number of nitrogen functional groups attached to an aromatic ring is 1. The Kier molecular flexibility index (Phi) is 3.93. The molecule has 0 saturated carbocycles. The number of aliphatic hydroxyl groups is 1. The SMILES string of the molecule is NC1=C(CCO)CC(N)(Cc2ccc(N)cc2)C=C1. The molecule has 1 aromatic rings. The van der Waals surface area contributed by atoms with Crippen LogP contribution >= 0.6 is 0 Å². The fourth-order valence-corrected chi connectivity index (χ4v) is 2.44. The highest BCUT2D eigenvalue weighted by molar-refractivity contribution is 5.41. The molecule has 4 heteroatoms. The van der Waals surface area contributed by atoms with Crippen molar-refractivity contribution in [3.8, 4) is 0 Å². The van der Waals surface area contributed by atoms with E-state index in [0.717, 1.165) is 28.9 Å². The molecule has 1 aliphatic rings. The van der Waals surface area contributed by atoms with Crippen LogP contribution < -0.4 is 17.2 Å². The number of allylic oxidation sites excluding steroid dienone is 1. The van der Waals surface area contributed by atoms with Crippen molar-refractivity contribution in [2.75, 3.05) is 12.3 Å². The van der Waals surface area contributed by atoms with Crippen molar-refractivity contribution >= 4 is 5.69 Å². The Morgan fingerprint density at radius 1 is 1.16 bits per heavy atom. The molecule has 1 atom stereocenters. The second-order valence-electron chi connectivity index (χ2n) is 5.19. The van der Waals surface area contributed by atoms with E-state index in [1.54, 1.807) is 0 Å². The molecule has 2 rings (SSSR count). The van der Waals surface area contributed by atoms with Crippen molar-refractivity contribution in [2.24, 2.45) is 11.5 Å². The molecular weight excluding hydrogens is 238 g/mol. The standard InChI is InChI=1S/C15H21N3O/c16-13-3-1-11(2-4-13)9-15(18)7-5-14(17)12(10-15)6-8-19/h1-5,7,19H,6,8-10,16-18H2. The van der Waals surface area contributed by atoms with Gasteiger partial charge in [-0.15, -0.1) is 0 Å². The minimum Gasteiger partial charge on any atom is -0.399 e. The van der Waals surface area contributed by atoms with Gasteiger partial charge in [0.05, 0.1) is 0 Å². The Morgan fingerprint density at radius 3 is 2.47 bits per heavy atom. The van der Waals surface area contributed by atoms with Crippen molar-refractivity contribution in [1.29, 1.82) is 0 Å². The number of hydrogen-bond donors (Lipinski definition) is 4. The number of nitrogens with two attached hydrogens (primary N) is 3. The fraction of sp³-hybridized carbons (Fsp3) is 0.333. The van der Waals surface area contributed by atoms with Gasteiger partial charge in [-0.3, -0.25) is 0 Å². The van der Waals surface area contributed by atoms with E-state index < -0.39 is 5.54 Å². The maximum Gasteiger partial charge on any atom is 0.0469 e. The number of rotatable bonds is 4. The Hall–Kier alpha value is -1.78. The summed E-state index contributed by atoms with van der Waals surface area (Å²) in [4.78, 5) is 0. The normalized spacial score (nSPS) is 22.8. The zero-order valence-electron chi connectivity index (χ0n) is 11.0. The van der Waals surface area contributed by atoms with Gasteiger partial charge in [0.1, 0.15) is 0 Å². The zero-order valence-corrected chi connectivity index (χ0v) is 11.0. The lowest BCUT2D eigenvalue weighted by atomic mass is 9.80. The van der Waals surface area contributed by atoms with Crippen LogP contribution in [0, 0.1) is 0 Å². The van der Waals surface area contributed by atoms with Gasteiger partial charge in [0.15, 0.2) is 0 Å². The van der Waals surface area contributed by atoms with Gasteiger partial charge in [0.25, 0.3) is 0 Å². The Labute approximate surface area is 113 Å². The third-order valence-electron chi connectivity index (χ3n) is 3.47. The van der Waals surface area contributed by atoms with Gasteiger partial charge in [0, 0.05) is 23.5 Å². The Morgan fingerprint density at radius 2 is 1.84 bits per heavy atom. The predicted octanol–water partition coefficient (Wildman–Crippen LogP) is 1.06. The summed E-state index contributed by atoms with van der Waals surface area (Å²) in [7, 11) is 0. The van der Waals surface area contributed by atoms with Crippen molar-refractivity contribution in [3.63, 3.8) is 0 Å². The summed E-state index contributed by atoms with van der Waals surface area (Å²) in [6.45, 7) is 0.0990. The van der Waals surface area contributed by atoms with E-state index in [0.29, 0.717) is 12.8 Å². The van der Waals surface area contributed by atoms with Crippen LogP contribution in [0.4, 0.5) is 5.69 Å². The number of hydrogen-bond acceptors (Lipinski definition) is 4. The first-order valence-corrected chi connectivity index (χ1v) is 6.43. The molecule has 0 aliphatic heterocycles. The first-order valence-electron chi connectivity index (χ1n) is 6.43. The van der Waals surface area contributed by atoms with Crippen LogP contribution in [0.5, 0.6) is 0 Å². The molecule has 19 heavy (non-hydrogen) atoms. The first kappa shape index (κ1) is 13.6. The van der Waals surface area contributed by atoms with Crippen molar-refractivity contribution < 1.29 is 5.11 Å². The summed E-state index contributed by atoms with van der Waals surface area (Å²) < 4.78 is 0. The van der Waals surface area contributed by atoms with Crippen LogP contribution in [0.3, 0.4) is 0 Å². The maximum atomic E-state index is 9.06. The number of anilines is 1. The highest BCUT2D eigenvalue weighted by Crippen LogP contribution is 2.28. The topological polar surface area (TPSA) is 98.3 Å². The third-order valence-corrected chi connectivity index (χ3v) is 3.47. The Bertz CT molecular complexity index is 505. The molecule has 4 nitrogen and oxygen atoms in total. The molecule has 1 aromatic carbocycles. The third kappa shape index (κ3) is 3.36. The minimum atomic E-state index is -0.441. The molecule has 102 valence electrons. The summed E-state index contributed by atoms with van der Waals surface area (Å²) in [5, 5.41) is 9.06. The van der Waals surface area contributed by atoms with Gasteiger partial charge in [-0.05, 0) is 48.6 Å². The second kappa shape index (κ2) is 5.47. The van der Waals surface area contributed by atoms with Crippen LogP contribution in [0.25, 0.3) is 0 Å². The molecule has 0 aromatic heterocycles. The summed E-state index contributed by atoms with van der Waals surface area (Å²) >= 11 is 0. The average Bonchev–Trinajstić information content (AvgIpc) is 2.37. The van der Waals surface area contributed by atoms with Crippen LogP contribution in [0.2, 0.25) is 0 Å². The quantitative estimate of drug-likeness (QED) is 0.608. The average molecular weight is 259 g/mol. The molecule has 0 bridgehead atoms. The first-order chi connectivity index (χ1) is 9.02. The van der Waals surface area contributed by atoms with Crippen LogP contribution in [0.15, 0.2) is 47.7 Å². The van der Waals surface area contributed by atoms with E-state index in [4.69, 9.17) is 22.3 Å². The molecule has 0 fully saturated rings. The van der Waals surface area contributed by atoms with Gasteiger partial charge in [-0.2, -0.15) is 0 Å². The molecular formula is C15H21N3O. The van der Waals surface area contributed by atoms with Gasteiger partial charge in [-0.1, -0.05) is 18.2 Å². The molecule has 1 aliphatic carbocycles. The summed E-state index contributed by atoms with van der Waals surface area (Å²) in [5.41, 5.74) is 21.2. The minimum absolute atomic E-state index is 0.0990. The summed E-state index contributed by atoms with van der Waals surface area (Å²) in [6.07, 6.45) is 5.80. The van der Waals surface area contributed by atoms with E-state index in [1.807, 2.05) is 36.4 Å². The zero-order chi connectivity index (χ0) is 13.9. The second-order valence-corrected chi connectivity index (χ2v) is 5.19. The van der Waals surface area contributed by atoms with E-state index in [2.05, 4.69) is 0 Å². The summed E-state index contributed by atoms with van der Waals surface area (Å²) in [5.74, 6) is 0. The van der Waals surface area contributed by atoms with Crippen molar-refractivity contribution in [1.82, 2.24) is 0 Å². The monoisotopic (exact) mass is 259 g/mol.